The summed E-state index contributed by atoms with van der Waals surface area (Å²) in [6, 6.07) is 0.0555. The fraction of sp³-hybridized carbons (Fsp3) is 0.636. The van der Waals surface area contributed by atoms with Crippen molar-refractivity contribution < 1.29 is 4.79 Å². The Morgan fingerprint density at radius 3 is 3.31 bits per heavy atom. The minimum Gasteiger partial charge on any atom is -0.333 e. The largest absolute Gasteiger partial charge is 0.333 e. The first-order valence-electron chi connectivity index (χ1n) is 5.66. The third-order valence-corrected chi connectivity index (χ3v) is 3.62. The fourth-order valence-corrected chi connectivity index (χ4v) is 2.51. The highest BCUT2D eigenvalue weighted by molar-refractivity contribution is 7.09. The van der Waals surface area contributed by atoms with E-state index in [-0.39, 0.29) is 6.03 Å². The van der Waals surface area contributed by atoms with E-state index in [2.05, 4.69) is 17.2 Å². The molecule has 16 heavy (non-hydrogen) atoms. The van der Waals surface area contributed by atoms with Gasteiger partial charge in [-0.2, -0.15) is 0 Å². The Morgan fingerprint density at radius 2 is 2.62 bits per heavy atom. The molecule has 2 rings (SSSR count). The first-order chi connectivity index (χ1) is 7.75. The number of amides is 2. The average Bonchev–Trinajstić information content (AvgIpc) is 2.78. The van der Waals surface area contributed by atoms with Gasteiger partial charge in [-0.3, -0.25) is 4.98 Å². The zero-order valence-electron chi connectivity index (χ0n) is 9.48. The molecule has 1 saturated heterocycles. The highest BCUT2D eigenvalue weighted by atomic mass is 32.1. The van der Waals surface area contributed by atoms with E-state index in [1.165, 1.54) is 6.42 Å². The fourth-order valence-electron chi connectivity index (χ4n) is 1.98. The quantitative estimate of drug-likeness (QED) is 0.859. The van der Waals surface area contributed by atoms with Crippen molar-refractivity contribution in [3.8, 4) is 0 Å². The molecule has 1 atom stereocenters. The lowest BCUT2D eigenvalue weighted by Crippen LogP contribution is -2.44. The molecule has 1 aromatic rings. The summed E-state index contributed by atoms with van der Waals surface area (Å²) < 4.78 is 0. The van der Waals surface area contributed by atoms with Crippen LogP contribution in [0.3, 0.4) is 0 Å². The average molecular weight is 239 g/mol. The Hall–Kier alpha value is -1.10. The monoisotopic (exact) mass is 239 g/mol. The first-order valence-corrected chi connectivity index (χ1v) is 6.54. The Morgan fingerprint density at radius 1 is 1.75 bits per heavy atom. The Kier molecular flexibility index (Phi) is 3.77. The van der Waals surface area contributed by atoms with E-state index >= 15 is 0 Å². The summed E-state index contributed by atoms with van der Waals surface area (Å²) in [7, 11) is 0. The van der Waals surface area contributed by atoms with Crippen molar-refractivity contribution in [3.05, 3.63) is 16.6 Å². The molecule has 1 aliphatic rings. The Balaban J connectivity index is 1.79. The van der Waals surface area contributed by atoms with Crippen molar-refractivity contribution in [2.45, 2.75) is 26.3 Å². The number of nitrogens with one attached hydrogen (secondary N) is 1. The number of carbonyl (C=O) groups excluding carboxylic acids is 1. The maximum absolute atomic E-state index is 11.8. The number of likely N-dealkylation sites (tertiary alicyclic amines) is 1. The molecule has 2 amide bonds. The van der Waals surface area contributed by atoms with Gasteiger partial charge in [-0.25, -0.2) is 4.79 Å². The summed E-state index contributed by atoms with van der Waals surface area (Å²) >= 11 is 1.57. The molecule has 0 aliphatic carbocycles. The maximum Gasteiger partial charge on any atom is 0.317 e. The first kappa shape index (κ1) is 11.4. The van der Waals surface area contributed by atoms with E-state index in [4.69, 9.17) is 0 Å². The zero-order chi connectivity index (χ0) is 11.4. The number of thiazole rings is 1. The molecule has 1 aliphatic heterocycles. The summed E-state index contributed by atoms with van der Waals surface area (Å²) in [5, 5.41) is 2.93. The highest BCUT2D eigenvalue weighted by Crippen LogP contribution is 2.15. The molecular formula is C11H17N3OS. The van der Waals surface area contributed by atoms with Crippen LogP contribution in [0.1, 0.15) is 24.6 Å². The molecule has 0 aromatic carbocycles. The number of nitrogens with zero attached hydrogens (tertiary/aromatic N) is 2. The summed E-state index contributed by atoms with van der Waals surface area (Å²) in [6.45, 7) is 4.56. The van der Waals surface area contributed by atoms with E-state index in [1.54, 1.807) is 23.0 Å². The summed E-state index contributed by atoms with van der Waals surface area (Å²) in [5.74, 6) is 0.628. The summed E-state index contributed by atoms with van der Waals surface area (Å²) in [6.07, 6.45) is 4.15. The normalized spacial score (nSPS) is 20.8. The van der Waals surface area contributed by atoms with Crippen LogP contribution in [-0.2, 0) is 6.54 Å². The van der Waals surface area contributed by atoms with Gasteiger partial charge in [-0.05, 0) is 18.8 Å². The lowest BCUT2D eigenvalue weighted by atomic mass is 10.0. The molecule has 0 spiro atoms. The second-order valence-electron chi connectivity index (χ2n) is 4.32. The number of aromatic nitrogens is 1. The number of hydrogen-bond acceptors (Lipinski definition) is 3. The zero-order valence-corrected chi connectivity index (χ0v) is 10.3. The molecule has 1 N–H and O–H groups in total. The van der Waals surface area contributed by atoms with Gasteiger partial charge in [0.1, 0.15) is 0 Å². The minimum atomic E-state index is 0.0555. The number of piperidine rings is 1. The second kappa shape index (κ2) is 5.30. The van der Waals surface area contributed by atoms with Crippen LogP contribution in [0.15, 0.2) is 11.7 Å². The van der Waals surface area contributed by atoms with Crippen LogP contribution < -0.4 is 5.32 Å². The van der Waals surface area contributed by atoms with E-state index < -0.39 is 0 Å². The van der Waals surface area contributed by atoms with Gasteiger partial charge in [0.15, 0.2) is 0 Å². The van der Waals surface area contributed by atoms with Crippen LogP contribution in [0.2, 0.25) is 0 Å². The number of carbonyl (C=O) groups is 1. The molecule has 1 fully saturated rings. The van der Waals surface area contributed by atoms with Crippen LogP contribution in [0.25, 0.3) is 0 Å². The molecule has 4 nitrogen and oxygen atoms in total. The van der Waals surface area contributed by atoms with Crippen molar-refractivity contribution in [3.63, 3.8) is 0 Å². The topological polar surface area (TPSA) is 45.2 Å². The number of rotatable bonds is 2. The molecule has 2 heterocycles. The van der Waals surface area contributed by atoms with Gasteiger partial charge in [-0.1, -0.05) is 6.92 Å². The van der Waals surface area contributed by atoms with E-state index in [0.29, 0.717) is 12.5 Å². The third kappa shape index (κ3) is 2.95. The SMILES string of the molecule is CC1CCCN(C(=O)NCc2cncs2)C1. The molecular weight excluding hydrogens is 222 g/mol. The van der Waals surface area contributed by atoms with Crippen molar-refractivity contribution in [2.24, 2.45) is 5.92 Å². The van der Waals surface area contributed by atoms with Crippen LogP contribution in [-0.4, -0.2) is 29.0 Å². The van der Waals surface area contributed by atoms with Gasteiger partial charge in [0.25, 0.3) is 0 Å². The number of hydrogen-bond donors (Lipinski definition) is 1. The molecule has 88 valence electrons. The van der Waals surface area contributed by atoms with Crippen molar-refractivity contribution in [2.75, 3.05) is 13.1 Å². The molecule has 0 saturated carbocycles. The van der Waals surface area contributed by atoms with Gasteiger partial charge in [-0.15, -0.1) is 11.3 Å². The smallest absolute Gasteiger partial charge is 0.317 e. The summed E-state index contributed by atoms with van der Waals surface area (Å²) in [5.41, 5.74) is 1.78. The second-order valence-corrected chi connectivity index (χ2v) is 5.29. The van der Waals surface area contributed by atoms with Crippen molar-refractivity contribution >= 4 is 17.4 Å². The number of urea groups is 1. The Labute approximate surface area is 99.7 Å². The van der Waals surface area contributed by atoms with Crippen molar-refractivity contribution in [1.82, 2.24) is 15.2 Å². The lowest BCUT2D eigenvalue weighted by Gasteiger charge is -2.30. The lowest BCUT2D eigenvalue weighted by molar-refractivity contribution is 0.169. The predicted molar refractivity (Wildman–Crippen MR) is 64.3 cm³/mol. The van der Waals surface area contributed by atoms with Crippen molar-refractivity contribution in [1.29, 1.82) is 0 Å². The van der Waals surface area contributed by atoms with Gasteiger partial charge in [0.05, 0.1) is 12.1 Å². The molecule has 1 unspecified atom stereocenters. The van der Waals surface area contributed by atoms with Crippen LogP contribution >= 0.6 is 11.3 Å². The van der Waals surface area contributed by atoms with Gasteiger partial charge in [0.2, 0.25) is 0 Å². The minimum absolute atomic E-state index is 0.0555. The van der Waals surface area contributed by atoms with Crippen LogP contribution in [0, 0.1) is 5.92 Å². The molecule has 5 heteroatoms. The standard InChI is InChI=1S/C11H17N3OS/c1-9-3-2-4-14(7-9)11(15)13-6-10-5-12-8-16-10/h5,8-9H,2-4,6-7H2,1H3,(H,13,15). The van der Waals surface area contributed by atoms with E-state index in [1.807, 2.05) is 4.90 Å². The molecule has 0 radical (unpaired) electrons. The van der Waals surface area contributed by atoms with Gasteiger partial charge >= 0.3 is 6.03 Å². The summed E-state index contributed by atoms with van der Waals surface area (Å²) in [4.78, 5) is 18.8. The molecule has 1 aromatic heterocycles. The third-order valence-electron chi connectivity index (χ3n) is 2.84. The van der Waals surface area contributed by atoms with Gasteiger partial charge < -0.3 is 10.2 Å². The Bertz CT molecular complexity index is 339. The maximum atomic E-state index is 11.8. The van der Waals surface area contributed by atoms with Crippen LogP contribution in [0.4, 0.5) is 4.79 Å². The van der Waals surface area contributed by atoms with Gasteiger partial charge in [0, 0.05) is 24.2 Å². The predicted octanol–water partition coefficient (Wildman–Crippen LogP) is 2.08. The van der Waals surface area contributed by atoms with E-state index in [9.17, 15) is 4.79 Å². The highest BCUT2D eigenvalue weighted by Gasteiger charge is 2.20. The molecule has 0 bridgehead atoms. The van der Waals surface area contributed by atoms with E-state index in [0.717, 1.165) is 24.4 Å². The van der Waals surface area contributed by atoms with Crippen LogP contribution in [0.5, 0.6) is 0 Å².